The molecule has 0 radical (unpaired) electrons. The lowest BCUT2D eigenvalue weighted by molar-refractivity contribution is -0.140. The molecule has 7 heteroatoms. The Morgan fingerprint density at radius 2 is 2.53 bits per heavy atom. The van der Waals surface area contributed by atoms with Crippen molar-refractivity contribution in [2.24, 2.45) is 5.92 Å². The van der Waals surface area contributed by atoms with Gasteiger partial charge in [-0.15, -0.1) is 5.10 Å². The van der Waals surface area contributed by atoms with Gasteiger partial charge in [0.05, 0.1) is 0 Å². The zero-order valence-electron chi connectivity index (χ0n) is 8.20. The molecule has 7 nitrogen and oxygen atoms in total. The molecule has 1 aromatic heterocycles. The fraction of sp³-hybridized carbons (Fsp3) is 0.750. The molecular weight excluding hydrogens is 198 g/mol. The predicted octanol–water partition coefficient (Wildman–Crippen LogP) is -0.874. The van der Waals surface area contributed by atoms with E-state index in [2.05, 4.69) is 20.8 Å². The van der Waals surface area contributed by atoms with E-state index in [1.165, 1.54) is 0 Å². The summed E-state index contributed by atoms with van der Waals surface area (Å²) in [4.78, 5) is 10.8. The van der Waals surface area contributed by atoms with E-state index in [4.69, 9.17) is 5.11 Å². The van der Waals surface area contributed by atoms with Gasteiger partial charge in [0.25, 0.3) is 0 Å². The number of nitrogens with zero attached hydrogens (tertiary/aromatic N) is 4. The van der Waals surface area contributed by atoms with Crippen molar-refractivity contribution in [3.8, 4) is 0 Å². The van der Waals surface area contributed by atoms with Crippen LogP contribution >= 0.6 is 0 Å². The van der Waals surface area contributed by atoms with Gasteiger partial charge in [0.2, 0.25) is 0 Å². The zero-order chi connectivity index (χ0) is 10.7. The van der Waals surface area contributed by atoms with Crippen molar-refractivity contribution in [3.05, 3.63) is 6.33 Å². The van der Waals surface area contributed by atoms with Crippen molar-refractivity contribution in [2.75, 3.05) is 6.54 Å². The van der Waals surface area contributed by atoms with Gasteiger partial charge in [0.15, 0.2) is 0 Å². The molecule has 2 N–H and O–H groups in total. The standard InChI is InChI=1S/C8H13N5O2/c14-8(15)7-3-6(1-2-9-7)4-13-5-10-11-12-13/h5-7,9H,1-4H2,(H,14,15). The molecule has 1 fully saturated rings. The molecule has 1 aliphatic heterocycles. The Bertz CT molecular complexity index is 326. The Labute approximate surface area is 86.5 Å². The Hall–Kier alpha value is -1.50. The van der Waals surface area contributed by atoms with Crippen LogP contribution in [0.5, 0.6) is 0 Å². The van der Waals surface area contributed by atoms with Crippen molar-refractivity contribution in [2.45, 2.75) is 25.4 Å². The third kappa shape index (κ3) is 2.50. The maximum absolute atomic E-state index is 10.8. The number of nitrogens with one attached hydrogen (secondary N) is 1. The molecule has 15 heavy (non-hydrogen) atoms. The molecule has 82 valence electrons. The van der Waals surface area contributed by atoms with Gasteiger partial charge in [-0.05, 0) is 35.7 Å². The second kappa shape index (κ2) is 4.35. The summed E-state index contributed by atoms with van der Waals surface area (Å²) in [6.07, 6.45) is 3.15. The first-order valence-electron chi connectivity index (χ1n) is 4.92. The highest BCUT2D eigenvalue weighted by molar-refractivity contribution is 5.73. The number of rotatable bonds is 3. The first-order valence-corrected chi connectivity index (χ1v) is 4.92. The topological polar surface area (TPSA) is 92.9 Å². The molecule has 0 aromatic carbocycles. The Morgan fingerprint density at radius 1 is 1.67 bits per heavy atom. The summed E-state index contributed by atoms with van der Waals surface area (Å²) in [5.74, 6) is -0.452. The van der Waals surface area contributed by atoms with E-state index in [-0.39, 0.29) is 0 Å². The van der Waals surface area contributed by atoms with E-state index in [1.807, 2.05) is 0 Å². The summed E-state index contributed by atoms with van der Waals surface area (Å²) < 4.78 is 1.65. The third-order valence-electron chi connectivity index (χ3n) is 2.65. The summed E-state index contributed by atoms with van der Waals surface area (Å²) in [6.45, 7) is 1.43. The Balaban J connectivity index is 1.90. The average molecular weight is 211 g/mol. The summed E-state index contributed by atoms with van der Waals surface area (Å²) in [5.41, 5.74) is 0. The highest BCUT2D eigenvalue weighted by atomic mass is 16.4. The van der Waals surface area contributed by atoms with Crippen LogP contribution in [0.25, 0.3) is 0 Å². The molecule has 2 atom stereocenters. The lowest BCUT2D eigenvalue weighted by Crippen LogP contribution is -2.44. The van der Waals surface area contributed by atoms with Crippen LogP contribution in [-0.4, -0.2) is 43.9 Å². The molecule has 1 aliphatic rings. The molecule has 0 amide bonds. The normalized spacial score (nSPS) is 26.4. The lowest BCUT2D eigenvalue weighted by atomic mass is 9.92. The number of tetrazole rings is 1. The van der Waals surface area contributed by atoms with E-state index in [0.717, 1.165) is 13.0 Å². The van der Waals surface area contributed by atoms with Crippen LogP contribution in [0.1, 0.15) is 12.8 Å². The number of carbonyl (C=O) groups is 1. The van der Waals surface area contributed by atoms with Crippen molar-refractivity contribution < 1.29 is 9.90 Å². The van der Waals surface area contributed by atoms with Crippen molar-refractivity contribution >= 4 is 5.97 Å². The van der Waals surface area contributed by atoms with E-state index < -0.39 is 12.0 Å². The smallest absolute Gasteiger partial charge is 0.320 e. The maximum atomic E-state index is 10.8. The molecule has 0 spiro atoms. The molecule has 0 saturated carbocycles. The first-order chi connectivity index (χ1) is 7.25. The summed E-state index contributed by atoms with van der Waals surface area (Å²) in [7, 11) is 0. The minimum atomic E-state index is -0.781. The first kappa shape index (κ1) is 10.0. The van der Waals surface area contributed by atoms with E-state index in [9.17, 15) is 4.79 Å². The molecule has 1 aromatic rings. The fourth-order valence-corrected chi connectivity index (χ4v) is 1.88. The Kier molecular flexibility index (Phi) is 2.91. The lowest BCUT2D eigenvalue weighted by Gasteiger charge is -2.27. The average Bonchev–Trinajstić information content (AvgIpc) is 2.71. The minimum Gasteiger partial charge on any atom is -0.480 e. The predicted molar refractivity (Wildman–Crippen MR) is 50.0 cm³/mol. The van der Waals surface area contributed by atoms with Gasteiger partial charge < -0.3 is 10.4 Å². The molecule has 2 rings (SSSR count). The molecule has 0 bridgehead atoms. The fourth-order valence-electron chi connectivity index (χ4n) is 1.88. The second-order valence-electron chi connectivity index (χ2n) is 3.77. The monoisotopic (exact) mass is 211 g/mol. The number of hydrogen-bond acceptors (Lipinski definition) is 5. The SMILES string of the molecule is O=C(O)C1CC(Cn2cnnn2)CCN1. The summed E-state index contributed by atoms with van der Waals surface area (Å²) >= 11 is 0. The van der Waals surface area contributed by atoms with Crippen molar-refractivity contribution in [1.29, 1.82) is 0 Å². The number of carboxylic acid groups (broad SMARTS) is 1. The minimum absolute atomic E-state index is 0.329. The number of aliphatic carboxylic acids is 1. The van der Waals surface area contributed by atoms with Crippen LogP contribution in [0.3, 0.4) is 0 Å². The highest BCUT2D eigenvalue weighted by Crippen LogP contribution is 2.17. The molecule has 2 heterocycles. The van der Waals surface area contributed by atoms with Crippen LogP contribution < -0.4 is 5.32 Å². The molecule has 2 unspecified atom stereocenters. The summed E-state index contributed by atoms with van der Waals surface area (Å²) in [6, 6.07) is -0.430. The van der Waals surface area contributed by atoms with Gasteiger partial charge in [-0.3, -0.25) is 4.79 Å². The number of carboxylic acids is 1. The maximum Gasteiger partial charge on any atom is 0.320 e. The largest absolute Gasteiger partial charge is 0.480 e. The number of hydrogen-bond donors (Lipinski definition) is 2. The second-order valence-corrected chi connectivity index (χ2v) is 3.77. The van der Waals surface area contributed by atoms with Crippen LogP contribution in [0, 0.1) is 5.92 Å². The zero-order valence-corrected chi connectivity index (χ0v) is 8.20. The molecular formula is C8H13N5O2. The van der Waals surface area contributed by atoms with Crippen LogP contribution in [-0.2, 0) is 11.3 Å². The number of piperidine rings is 1. The summed E-state index contributed by atoms with van der Waals surface area (Å²) in [5, 5.41) is 22.7. The van der Waals surface area contributed by atoms with Gasteiger partial charge in [-0.1, -0.05) is 0 Å². The van der Waals surface area contributed by atoms with Crippen molar-refractivity contribution in [3.63, 3.8) is 0 Å². The third-order valence-corrected chi connectivity index (χ3v) is 2.65. The van der Waals surface area contributed by atoms with Gasteiger partial charge in [0, 0.05) is 6.54 Å². The highest BCUT2D eigenvalue weighted by Gasteiger charge is 2.26. The van der Waals surface area contributed by atoms with Gasteiger partial charge in [0.1, 0.15) is 12.4 Å². The molecule has 0 aliphatic carbocycles. The van der Waals surface area contributed by atoms with E-state index in [0.29, 0.717) is 18.9 Å². The van der Waals surface area contributed by atoms with Gasteiger partial charge in [-0.25, -0.2) is 4.68 Å². The van der Waals surface area contributed by atoms with Crippen LogP contribution in [0.4, 0.5) is 0 Å². The van der Waals surface area contributed by atoms with Crippen molar-refractivity contribution in [1.82, 2.24) is 25.5 Å². The van der Waals surface area contributed by atoms with Crippen LogP contribution in [0.2, 0.25) is 0 Å². The van der Waals surface area contributed by atoms with Gasteiger partial charge >= 0.3 is 5.97 Å². The Morgan fingerprint density at radius 3 is 3.20 bits per heavy atom. The molecule has 1 saturated heterocycles. The van der Waals surface area contributed by atoms with E-state index >= 15 is 0 Å². The van der Waals surface area contributed by atoms with Gasteiger partial charge in [-0.2, -0.15) is 0 Å². The van der Waals surface area contributed by atoms with E-state index in [1.54, 1.807) is 11.0 Å². The van der Waals surface area contributed by atoms with Crippen LogP contribution in [0.15, 0.2) is 6.33 Å². The number of aromatic nitrogens is 4. The quantitative estimate of drug-likeness (QED) is 0.674.